The van der Waals surface area contributed by atoms with Crippen LogP contribution in [0.1, 0.15) is 32.5 Å². The highest BCUT2D eigenvalue weighted by Gasteiger charge is 2.30. The number of benzene rings is 1. The molecule has 106 valence electrons. The van der Waals surface area contributed by atoms with Crippen molar-refractivity contribution in [3.8, 4) is 5.69 Å². The highest BCUT2D eigenvalue weighted by atomic mass is 15.5. The van der Waals surface area contributed by atoms with Crippen molar-refractivity contribution >= 4 is 0 Å². The lowest BCUT2D eigenvalue weighted by Gasteiger charge is -2.23. The van der Waals surface area contributed by atoms with E-state index in [-0.39, 0.29) is 0 Å². The van der Waals surface area contributed by atoms with E-state index in [0.29, 0.717) is 5.92 Å². The van der Waals surface area contributed by atoms with Gasteiger partial charge in [0.15, 0.2) is 5.82 Å². The van der Waals surface area contributed by atoms with Gasteiger partial charge in [-0.25, -0.2) is 0 Å². The Morgan fingerprint density at radius 2 is 2.00 bits per heavy atom. The van der Waals surface area contributed by atoms with Gasteiger partial charge in [-0.05, 0) is 41.3 Å². The molecule has 1 aliphatic rings. The Bertz CT molecular complexity index is 544. The van der Waals surface area contributed by atoms with Crippen LogP contribution >= 0.6 is 0 Å². The topological polar surface area (TPSA) is 46.8 Å². The maximum Gasteiger partial charge on any atom is 0.170 e. The third-order valence-corrected chi connectivity index (χ3v) is 3.54. The summed E-state index contributed by atoms with van der Waals surface area (Å²) in [6.45, 7) is 6.45. The van der Waals surface area contributed by atoms with Crippen LogP contribution in [0, 0.1) is 5.92 Å². The first-order valence-electron chi connectivity index (χ1n) is 7.31. The van der Waals surface area contributed by atoms with E-state index in [1.165, 1.54) is 12.8 Å². The predicted molar refractivity (Wildman–Crippen MR) is 77.4 cm³/mol. The van der Waals surface area contributed by atoms with Crippen molar-refractivity contribution in [2.75, 3.05) is 6.54 Å². The first kappa shape index (κ1) is 13.2. The second kappa shape index (κ2) is 5.71. The molecule has 0 bridgehead atoms. The number of nitrogens with zero attached hydrogens (tertiary/aromatic N) is 5. The molecule has 0 atom stereocenters. The van der Waals surface area contributed by atoms with E-state index in [1.54, 1.807) is 0 Å². The molecule has 5 heteroatoms. The molecule has 3 rings (SSSR count). The van der Waals surface area contributed by atoms with Gasteiger partial charge in [0, 0.05) is 12.6 Å². The van der Waals surface area contributed by atoms with Crippen LogP contribution in [0.3, 0.4) is 0 Å². The van der Waals surface area contributed by atoms with E-state index in [4.69, 9.17) is 0 Å². The van der Waals surface area contributed by atoms with E-state index in [1.807, 2.05) is 35.0 Å². The quantitative estimate of drug-likeness (QED) is 0.808. The smallest absolute Gasteiger partial charge is 0.170 e. The number of aromatic nitrogens is 4. The maximum absolute atomic E-state index is 4.21. The van der Waals surface area contributed by atoms with E-state index in [0.717, 1.165) is 30.6 Å². The molecule has 1 fully saturated rings. The van der Waals surface area contributed by atoms with Crippen LogP contribution in [0.4, 0.5) is 0 Å². The van der Waals surface area contributed by atoms with Gasteiger partial charge in [0.05, 0.1) is 12.2 Å². The fraction of sp³-hybridized carbons (Fsp3) is 0.533. The minimum Gasteiger partial charge on any atom is -0.293 e. The normalized spacial score (nSPS) is 15.2. The number of tetrazole rings is 1. The zero-order valence-corrected chi connectivity index (χ0v) is 12.1. The standard InChI is InChI=1S/C15H21N5/c1-12(2)10-19(13-8-9-13)11-15-16-17-18-20(15)14-6-4-3-5-7-14/h3-7,12-13H,8-11H2,1-2H3. The molecule has 20 heavy (non-hydrogen) atoms. The lowest BCUT2D eigenvalue weighted by Crippen LogP contribution is -2.30. The van der Waals surface area contributed by atoms with Crippen LogP contribution in [0.2, 0.25) is 0 Å². The molecule has 5 nitrogen and oxygen atoms in total. The van der Waals surface area contributed by atoms with Crippen molar-refractivity contribution in [1.82, 2.24) is 25.1 Å². The van der Waals surface area contributed by atoms with Gasteiger partial charge in [-0.3, -0.25) is 4.90 Å². The molecule has 2 aromatic rings. The Labute approximate surface area is 119 Å². The van der Waals surface area contributed by atoms with Crippen LogP contribution in [0.5, 0.6) is 0 Å². The second-order valence-electron chi connectivity index (χ2n) is 5.90. The highest BCUT2D eigenvalue weighted by Crippen LogP contribution is 2.28. The predicted octanol–water partition coefficient (Wildman–Crippen LogP) is 2.28. The number of para-hydroxylation sites is 1. The lowest BCUT2D eigenvalue weighted by molar-refractivity contribution is 0.219. The molecule has 0 aliphatic heterocycles. The van der Waals surface area contributed by atoms with Crippen molar-refractivity contribution in [1.29, 1.82) is 0 Å². The summed E-state index contributed by atoms with van der Waals surface area (Å²) in [6, 6.07) is 10.8. The third-order valence-electron chi connectivity index (χ3n) is 3.54. The van der Waals surface area contributed by atoms with Crippen LogP contribution in [0.25, 0.3) is 5.69 Å². The minimum absolute atomic E-state index is 0.664. The molecular weight excluding hydrogens is 250 g/mol. The van der Waals surface area contributed by atoms with E-state index >= 15 is 0 Å². The van der Waals surface area contributed by atoms with Crippen molar-refractivity contribution < 1.29 is 0 Å². The molecule has 0 N–H and O–H groups in total. The van der Waals surface area contributed by atoms with Crippen molar-refractivity contribution in [3.05, 3.63) is 36.2 Å². The Kier molecular flexibility index (Phi) is 3.78. The van der Waals surface area contributed by atoms with Crippen molar-refractivity contribution in [3.63, 3.8) is 0 Å². The molecule has 0 spiro atoms. The maximum atomic E-state index is 4.21. The summed E-state index contributed by atoms with van der Waals surface area (Å²) in [5, 5.41) is 12.2. The number of hydrogen-bond acceptors (Lipinski definition) is 4. The van der Waals surface area contributed by atoms with Crippen molar-refractivity contribution in [2.24, 2.45) is 5.92 Å². The summed E-state index contributed by atoms with van der Waals surface area (Å²) in [5.74, 6) is 1.58. The summed E-state index contributed by atoms with van der Waals surface area (Å²) in [4.78, 5) is 2.51. The van der Waals surface area contributed by atoms with E-state index in [9.17, 15) is 0 Å². The number of rotatable bonds is 6. The molecule has 1 saturated carbocycles. The van der Waals surface area contributed by atoms with Crippen LogP contribution in [-0.4, -0.2) is 37.7 Å². The number of hydrogen-bond donors (Lipinski definition) is 0. The molecule has 1 aliphatic carbocycles. The first-order valence-corrected chi connectivity index (χ1v) is 7.31. The van der Waals surface area contributed by atoms with Crippen LogP contribution < -0.4 is 0 Å². The Hall–Kier alpha value is -1.75. The van der Waals surface area contributed by atoms with Crippen LogP contribution in [0.15, 0.2) is 30.3 Å². The molecule has 0 saturated heterocycles. The fourth-order valence-corrected chi connectivity index (χ4v) is 2.51. The van der Waals surface area contributed by atoms with Gasteiger partial charge >= 0.3 is 0 Å². The Morgan fingerprint density at radius 1 is 1.25 bits per heavy atom. The molecular formula is C15H21N5. The molecule has 1 heterocycles. The van der Waals surface area contributed by atoms with E-state index in [2.05, 4.69) is 34.3 Å². The van der Waals surface area contributed by atoms with Gasteiger partial charge in [-0.2, -0.15) is 4.68 Å². The molecule has 0 unspecified atom stereocenters. The average molecular weight is 271 g/mol. The lowest BCUT2D eigenvalue weighted by atomic mass is 10.2. The third kappa shape index (κ3) is 3.04. The Morgan fingerprint density at radius 3 is 2.65 bits per heavy atom. The summed E-state index contributed by atoms with van der Waals surface area (Å²) in [5.41, 5.74) is 1.02. The molecule has 0 radical (unpaired) electrons. The largest absolute Gasteiger partial charge is 0.293 e. The Balaban J connectivity index is 1.79. The monoisotopic (exact) mass is 271 g/mol. The van der Waals surface area contributed by atoms with Gasteiger partial charge in [0.1, 0.15) is 0 Å². The fourth-order valence-electron chi connectivity index (χ4n) is 2.51. The summed E-state index contributed by atoms with van der Waals surface area (Å²) in [7, 11) is 0. The minimum atomic E-state index is 0.664. The highest BCUT2D eigenvalue weighted by molar-refractivity contribution is 5.30. The summed E-state index contributed by atoms with van der Waals surface area (Å²) >= 11 is 0. The molecule has 1 aromatic heterocycles. The molecule has 0 amide bonds. The van der Waals surface area contributed by atoms with Gasteiger partial charge < -0.3 is 0 Å². The van der Waals surface area contributed by atoms with Gasteiger partial charge in [-0.1, -0.05) is 32.0 Å². The second-order valence-corrected chi connectivity index (χ2v) is 5.90. The SMILES string of the molecule is CC(C)CN(Cc1nnnn1-c1ccccc1)C1CC1. The van der Waals surface area contributed by atoms with Gasteiger partial charge in [0.2, 0.25) is 0 Å². The average Bonchev–Trinajstić information content (AvgIpc) is 3.19. The van der Waals surface area contributed by atoms with Gasteiger partial charge in [0.25, 0.3) is 0 Å². The van der Waals surface area contributed by atoms with Crippen molar-refractivity contribution in [2.45, 2.75) is 39.3 Å². The summed E-state index contributed by atoms with van der Waals surface area (Å²) in [6.07, 6.45) is 2.61. The molecule has 1 aromatic carbocycles. The zero-order chi connectivity index (χ0) is 13.9. The van der Waals surface area contributed by atoms with Gasteiger partial charge in [-0.15, -0.1) is 5.10 Å². The first-order chi connectivity index (χ1) is 9.74. The zero-order valence-electron chi connectivity index (χ0n) is 12.1. The summed E-state index contributed by atoms with van der Waals surface area (Å²) < 4.78 is 1.84. The van der Waals surface area contributed by atoms with E-state index < -0.39 is 0 Å². The van der Waals surface area contributed by atoms with Crippen LogP contribution in [-0.2, 0) is 6.54 Å².